The van der Waals surface area contributed by atoms with Crippen LogP contribution in [0.1, 0.15) is 5.56 Å². The minimum Gasteiger partial charge on any atom is -0.333 e. The van der Waals surface area contributed by atoms with E-state index in [9.17, 15) is 14.9 Å². The Hall–Kier alpha value is -3.05. The summed E-state index contributed by atoms with van der Waals surface area (Å²) in [6.45, 7) is 0. The molecule has 7 nitrogen and oxygen atoms in total. The van der Waals surface area contributed by atoms with Crippen molar-refractivity contribution < 1.29 is 0 Å². The second-order valence-corrected chi connectivity index (χ2v) is 6.05. The van der Waals surface area contributed by atoms with Crippen LogP contribution in [0.25, 0.3) is 11.3 Å². The van der Waals surface area contributed by atoms with E-state index in [1.807, 2.05) is 36.4 Å². The summed E-state index contributed by atoms with van der Waals surface area (Å²) in [6, 6.07) is 11.5. The lowest BCUT2D eigenvalue weighted by atomic mass is 10.2. The second-order valence-electron chi connectivity index (χ2n) is 5.07. The number of hydrogen-bond acceptors (Lipinski definition) is 5. The fourth-order valence-electron chi connectivity index (χ4n) is 2.25. The normalized spacial score (nSPS) is 10.5. The lowest BCUT2D eigenvalue weighted by Gasteiger charge is -2.09. The monoisotopic (exact) mass is 339 g/mol. The van der Waals surface area contributed by atoms with Crippen LogP contribution in [0.2, 0.25) is 0 Å². The summed E-state index contributed by atoms with van der Waals surface area (Å²) in [5.41, 5.74) is 0.595. The van der Waals surface area contributed by atoms with E-state index in [4.69, 9.17) is 0 Å². The van der Waals surface area contributed by atoms with Crippen molar-refractivity contribution in [1.29, 1.82) is 5.26 Å². The number of nitrogens with zero attached hydrogens (tertiary/aromatic N) is 4. The van der Waals surface area contributed by atoms with E-state index in [2.05, 4.69) is 9.97 Å². The Morgan fingerprint density at radius 1 is 1.17 bits per heavy atom. The van der Waals surface area contributed by atoms with E-state index in [-0.39, 0.29) is 10.6 Å². The Morgan fingerprint density at radius 3 is 2.54 bits per heavy atom. The topological polar surface area (TPSA) is 96.5 Å². The van der Waals surface area contributed by atoms with Gasteiger partial charge >= 0.3 is 5.69 Å². The minimum absolute atomic E-state index is 0.0812. The maximum Gasteiger partial charge on any atom is 0.331 e. The molecule has 2 heterocycles. The fourth-order valence-corrected chi connectivity index (χ4v) is 3.15. The number of aromatic amines is 1. The molecule has 0 radical (unpaired) electrons. The molecule has 120 valence electrons. The molecule has 0 bridgehead atoms. The maximum atomic E-state index is 12.1. The summed E-state index contributed by atoms with van der Waals surface area (Å²) in [7, 11) is 2.87. The molecule has 24 heavy (non-hydrogen) atoms. The highest BCUT2D eigenvalue weighted by Gasteiger charge is 2.17. The lowest BCUT2D eigenvalue weighted by molar-refractivity contribution is 0.630. The number of hydrogen-bond donors (Lipinski definition) is 1. The Labute approximate surface area is 141 Å². The first-order valence-electron chi connectivity index (χ1n) is 7.01. The summed E-state index contributed by atoms with van der Waals surface area (Å²) in [6.07, 6.45) is 1.67. The maximum absolute atomic E-state index is 12.1. The first-order chi connectivity index (χ1) is 11.5. The van der Waals surface area contributed by atoms with Crippen LogP contribution < -0.4 is 11.2 Å². The minimum atomic E-state index is -0.613. The average Bonchev–Trinajstić information content (AvgIpc) is 3.07. The third-order valence-corrected chi connectivity index (χ3v) is 4.63. The van der Waals surface area contributed by atoms with Crippen LogP contribution in [-0.4, -0.2) is 19.1 Å². The highest BCUT2D eigenvalue weighted by atomic mass is 32.2. The zero-order valence-corrected chi connectivity index (χ0v) is 13.8. The molecule has 3 aromatic rings. The Kier molecular flexibility index (Phi) is 4.10. The van der Waals surface area contributed by atoms with Crippen molar-refractivity contribution in [2.45, 2.75) is 10.2 Å². The molecule has 0 fully saturated rings. The van der Waals surface area contributed by atoms with Crippen LogP contribution in [0.15, 0.2) is 56.3 Å². The van der Waals surface area contributed by atoms with Gasteiger partial charge in [-0.2, -0.15) is 5.26 Å². The number of benzene rings is 1. The first-order valence-corrected chi connectivity index (χ1v) is 7.83. The number of nitriles is 1. The summed E-state index contributed by atoms with van der Waals surface area (Å²) < 4.78 is 2.19. The van der Waals surface area contributed by atoms with Crippen LogP contribution in [0.3, 0.4) is 0 Å². The Bertz CT molecular complexity index is 1060. The third kappa shape index (κ3) is 2.66. The van der Waals surface area contributed by atoms with Gasteiger partial charge in [-0.05, 0) is 17.3 Å². The smallest absolute Gasteiger partial charge is 0.331 e. The number of H-pyrrole nitrogens is 1. The van der Waals surface area contributed by atoms with Crippen LogP contribution in [-0.2, 0) is 14.1 Å². The molecule has 0 unspecified atom stereocenters. The zero-order chi connectivity index (χ0) is 17.3. The van der Waals surface area contributed by atoms with Crippen molar-refractivity contribution in [2.75, 3.05) is 0 Å². The molecule has 0 aliphatic carbocycles. The van der Waals surface area contributed by atoms with Gasteiger partial charge in [-0.25, -0.2) is 9.78 Å². The van der Waals surface area contributed by atoms with Gasteiger partial charge in [0, 0.05) is 14.1 Å². The van der Waals surface area contributed by atoms with Crippen molar-refractivity contribution in [1.82, 2.24) is 19.1 Å². The molecule has 0 atom stereocenters. The summed E-state index contributed by atoms with van der Waals surface area (Å²) >= 11 is 1.08. The number of imidazole rings is 1. The third-order valence-electron chi connectivity index (χ3n) is 3.55. The van der Waals surface area contributed by atoms with E-state index in [0.717, 1.165) is 27.6 Å². The first kappa shape index (κ1) is 15.8. The van der Waals surface area contributed by atoms with Crippen LogP contribution in [0.5, 0.6) is 0 Å². The summed E-state index contributed by atoms with van der Waals surface area (Å²) in [5, 5.41) is 10.0. The van der Waals surface area contributed by atoms with Crippen molar-refractivity contribution in [3.63, 3.8) is 0 Å². The largest absolute Gasteiger partial charge is 0.333 e. The van der Waals surface area contributed by atoms with Crippen molar-refractivity contribution >= 4 is 11.8 Å². The molecule has 0 spiro atoms. The molecule has 0 saturated heterocycles. The van der Waals surface area contributed by atoms with Gasteiger partial charge in [0.05, 0.1) is 11.9 Å². The quantitative estimate of drug-likeness (QED) is 0.729. The molecule has 1 aromatic carbocycles. The number of nitrogens with one attached hydrogen (secondary N) is 1. The van der Waals surface area contributed by atoms with Crippen LogP contribution in [0, 0.1) is 11.3 Å². The molecule has 8 heteroatoms. The van der Waals surface area contributed by atoms with Crippen molar-refractivity contribution in [2.24, 2.45) is 14.1 Å². The van der Waals surface area contributed by atoms with E-state index in [1.54, 1.807) is 6.20 Å². The van der Waals surface area contributed by atoms with Gasteiger partial charge in [0.2, 0.25) is 0 Å². The van der Waals surface area contributed by atoms with Crippen LogP contribution >= 0.6 is 11.8 Å². The standard InChI is InChI=1S/C16H13N5O2S/c1-20-13(22)11(8-17)14(21(2)16(20)23)24-15-18-9-12(19-15)10-6-4-3-5-7-10/h3-7,9H,1-2H3,(H,18,19). The van der Waals surface area contributed by atoms with E-state index >= 15 is 0 Å². The molecule has 2 aromatic heterocycles. The highest BCUT2D eigenvalue weighted by Crippen LogP contribution is 2.27. The average molecular weight is 339 g/mol. The Balaban J connectivity index is 2.05. The van der Waals surface area contributed by atoms with Crippen LogP contribution in [0.4, 0.5) is 0 Å². The molecule has 3 rings (SSSR count). The van der Waals surface area contributed by atoms with E-state index in [1.165, 1.54) is 18.7 Å². The fraction of sp³-hybridized carbons (Fsp3) is 0.125. The van der Waals surface area contributed by atoms with Gasteiger partial charge in [-0.1, -0.05) is 30.3 Å². The predicted molar refractivity (Wildman–Crippen MR) is 89.8 cm³/mol. The molecule has 0 aliphatic heterocycles. The van der Waals surface area contributed by atoms with E-state index in [0.29, 0.717) is 5.16 Å². The number of rotatable bonds is 3. The van der Waals surface area contributed by atoms with E-state index < -0.39 is 11.2 Å². The highest BCUT2D eigenvalue weighted by molar-refractivity contribution is 7.99. The molecular formula is C16H13N5O2S. The summed E-state index contributed by atoms with van der Waals surface area (Å²) in [4.78, 5) is 31.5. The second kappa shape index (κ2) is 6.22. The Morgan fingerprint density at radius 2 is 1.88 bits per heavy atom. The lowest BCUT2D eigenvalue weighted by Crippen LogP contribution is -2.39. The molecule has 1 N–H and O–H groups in total. The van der Waals surface area contributed by atoms with Gasteiger partial charge in [-0.3, -0.25) is 13.9 Å². The molecular weight excluding hydrogens is 326 g/mol. The predicted octanol–water partition coefficient (Wildman–Crippen LogP) is 1.50. The van der Waals surface area contributed by atoms with Gasteiger partial charge in [0.25, 0.3) is 5.56 Å². The molecule has 0 aliphatic rings. The van der Waals surface area contributed by atoms with Gasteiger partial charge in [-0.15, -0.1) is 0 Å². The van der Waals surface area contributed by atoms with Crippen molar-refractivity contribution in [3.05, 3.63) is 62.9 Å². The van der Waals surface area contributed by atoms with Crippen molar-refractivity contribution in [3.8, 4) is 17.3 Å². The SMILES string of the molecule is Cn1c(Sc2ncc(-c3ccccc3)[nH]2)c(C#N)c(=O)n(C)c1=O. The summed E-state index contributed by atoms with van der Waals surface area (Å²) in [5.74, 6) is 0. The zero-order valence-electron chi connectivity index (χ0n) is 13.0. The van der Waals surface area contributed by atoms with Gasteiger partial charge in [0.15, 0.2) is 5.16 Å². The van der Waals surface area contributed by atoms with Gasteiger partial charge < -0.3 is 4.98 Å². The van der Waals surface area contributed by atoms with Gasteiger partial charge in [0.1, 0.15) is 16.7 Å². The molecule has 0 saturated carbocycles. The molecule has 0 amide bonds. The number of aromatic nitrogens is 4.